The van der Waals surface area contributed by atoms with Crippen LogP contribution in [0.1, 0.15) is 50.2 Å². The van der Waals surface area contributed by atoms with Crippen molar-refractivity contribution in [3.8, 4) is 0 Å². The largest absolute Gasteiger partial charge is 0.392 e. The molecule has 30 heavy (non-hydrogen) atoms. The Balaban J connectivity index is 1.44. The molecular formula is C26H37N3O. The van der Waals surface area contributed by atoms with Crippen molar-refractivity contribution in [3.05, 3.63) is 70.8 Å². The van der Waals surface area contributed by atoms with Gasteiger partial charge in [0.05, 0.1) is 6.10 Å². The molecule has 1 unspecified atom stereocenters. The number of hydrogen-bond donors (Lipinski definition) is 2. The normalized spacial score (nSPS) is 18.7. The number of allylic oxidation sites excluding steroid dienone is 3. The van der Waals surface area contributed by atoms with Crippen LogP contribution in [0.4, 0.5) is 0 Å². The van der Waals surface area contributed by atoms with Gasteiger partial charge in [-0.3, -0.25) is 9.89 Å². The number of amidine groups is 1. The zero-order chi connectivity index (χ0) is 21.2. The summed E-state index contributed by atoms with van der Waals surface area (Å²) in [5.41, 5.74) is 5.56. The Morgan fingerprint density at radius 1 is 1.23 bits per heavy atom. The second-order valence-electron chi connectivity index (χ2n) is 8.31. The van der Waals surface area contributed by atoms with E-state index in [0.29, 0.717) is 0 Å². The lowest BCUT2D eigenvalue weighted by atomic mass is 9.91. The van der Waals surface area contributed by atoms with Crippen LogP contribution in [0.5, 0.6) is 0 Å². The highest BCUT2D eigenvalue weighted by atomic mass is 16.3. The standard InChI is InChI=1S/C26H37N3O/c1-3-4-12-26(27-2)28-18-22-9-7-8-21(17-22)13-14-25(30)20-29-16-15-23-10-5-6-11-24(23)19-29/h4,7-12,17,25,30H,3,5-6,13-16,18-20H2,1-2H3,(H,27,28)/b12-4-. The Morgan fingerprint density at radius 3 is 2.83 bits per heavy atom. The number of fused-ring (bicyclic) bond motifs is 1. The van der Waals surface area contributed by atoms with Gasteiger partial charge in [-0.25, -0.2) is 0 Å². The molecule has 0 bridgehead atoms. The van der Waals surface area contributed by atoms with Crippen molar-refractivity contribution in [2.45, 2.75) is 58.1 Å². The molecule has 1 aromatic carbocycles. The van der Waals surface area contributed by atoms with Crippen molar-refractivity contribution in [3.63, 3.8) is 0 Å². The fraction of sp³-hybridized carbons (Fsp3) is 0.500. The van der Waals surface area contributed by atoms with Crippen LogP contribution in [0.25, 0.3) is 0 Å². The maximum Gasteiger partial charge on any atom is 0.120 e. The fourth-order valence-electron chi connectivity index (χ4n) is 4.21. The molecule has 3 rings (SSSR count). The van der Waals surface area contributed by atoms with E-state index >= 15 is 0 Å². The predicted molar refractivity (Wildman–Crippen MR) is 127 cm³/mol. The molecule has 1 saturated heterocycles. The molecule has 1 aromatic rings. The molecule has 2 aliphatic rings. The first-order valence-electron chi connectivity index (χ1n) is 11.4. The topological polar surface area (TPSA) is 47.9 Å². The van der Waals surface area contributed by atoms with Gasteiger partial charge in [0.2, 0.25) is 0 Å². The number of hydrogen-bond acceptors (Lipinski definition) is 3. The van der Waals surface area contributed by atoms with Crippen LogP contribution in [0.3, 0.4) is 0 Å². The lowest BCUT2D eigenvalue weighted by Gasteiger charge is -2.33. The number of β-amino-alcohol motifs (C(OH)–C–C–N with tert-alkyl or cyclic N) is 1. The summed E-state index contributed by atoms with van der Waals surface area (Å²) in [4.78, 5) is 6.69. The molecule has 0 aromatic heterocycles. The number of nitrogens with zero attached hydrogens (tertiary/aromatic N) is 2. The summed E-state index contributed by atoms with van der Waals surface area (Å²) in [7, 11) is 1.81. The molecule has 1 heterocycles. The molecule has 0 radical (unpaired) electrons. The lowest BCUT2D eigenvalue weighted by Crippen LogP contribution is -2.38. The van der Waals surface area contributed by atoms with Crippen LogP contribution in [-0.2, 0) is 13.0 Å². The quantitative estimate of drug-likeness (QED) is 0.471. The highest BCUT2D eigenvalue weighted by molar-refractivity contribution is 5.92. The fourth-order valence-corrected chi connectivity index (χ4v) is 4.21. The van der Waals surface area contributed by atoms with Crippen molar-refractivity contribution in [1.82, 2.24) is 10.2 Å². The molecule has 4 nitrogen and oxygen atoms in total. The summed E-state index contributed by atoms with van der Waals surface area (Å²) in [6, 6.07) is 8.64. The second kappa shape index (κ2) is 11.9. The molecule has 1 fully saturated rings. The first-order chi connectivity index (χ1) is 14.7. The molecule has 1 atom stereocenters. The van der Waals surface area contributed by atoms with Crippen molar-refractivity contribution in [1.29, 1.82) is 0 Å². The number of rotatable bonds is 9. The van der Waals surface area contributed by atoms with E-state index in [0.717, 1.165) is 57.7 Å². The Hall–Kier alpha value is -2.17. The van der Waals surface area contributed by atoms with Gasteiger partial charge in [-0.05, 0) is 66.9 Å². The predicted octanol–water partition coefficient (Wildman–Crippen LogP) is 4.42. The molecule has 0 saturated carbocycles. The van der Waals surface area contributed by atoms with Crippen molar-refractivity contribution < 1.29 is 5.11 Å². The number of piperidine rings is 1. The van der Waals surface area contributed by atoms with Crippen LogP contribution in [-0.4, -0.2) is 48.6 Å². The monoisotopic (exact) mass is 407 g/mol. The number of nitrogens with one attached hydrogen (secondary N) is 1. The molecule has 2 N–H and O–H groups in total. The maximum absolute atomic E-state index is 10.6. The third-order valence-electron chi connectivity index (χ3n) is 5.90. The van der Waals surface area contributed by atoms with Crippen LogP contribution >= 0.6 is 0 Å². The van der Waals surface area contributed by atoms with Gasteiger partial charge in [-0.2, -0.15) is 0 Å². The zero-order valence-corrected chi connectivity index (χ0v) is 18.6. The van der Waals surface area contributed by atoms with E-state index in [9.17, 15) is 5.11 Å². The van der Waals surface area contributed by atoms with Gasteiger partial charge in [0.1, 0.15) is 5.84 Å². The maximum atomic E-state index is 10.6. The minimum atomic E-state index is -0.278. The Labute approximate surface area is 182 Å². The van der Waals surface area contributed by atoms with Gasteiger partial charge in [0.15, 0.2) is 0 Å². The third kappa shape index (κ3) is 6.96. The molecule has 1 aliphatic heterocycles. The molecule has 4 heteroatoms. The van der Waals surface area contributed by atoms with Crippen molar-refractivity contribution in [2.24, 2.45) is 4.99 Å². The van der Waals surface area contributed by atoms with Crippen LogP contribution in [0, 0.1) is 0 Å². The summed E-state index contributed by atoms with van der Waals surface area (Å²) >= 11 is 0. The van der Waals surface area contributed by atoms with Gasteiger partial charge in [0, 0.05) is 33.2 Å². The molecular weight excluding hydrogens is 370 g/mol. The summed E-state index contributed by atoms with van der Waals surface area (Å²) in [6.45, 7) is 5.71. The van der Waals surface area contributed by atoms with Crippen LogP contribution in [0.2, 0.25) is 0 Å². The van der Waals surface area contributed by atoms with Gasteiger partial charge < -0.3 is 10.4 Å². The van der Waals surface area contributed by atoms with E-state index < -0.39 is 0 Å². The summed E-state index contributed by atoms with van der Waals surface area (Å²) in [6.07, 6.45) is 14.9. The van der Waals surface area contributed by atoms with E-state index in [2.05, 4.69) is 64.6 Å². The van der Waals surface area contributed by atoms with E-state index in [1.165, 1.54) is 29.5 Å². The third-order valence-corrected chi connectivity index (χ3v) is 5.90. The Morgan fingerprint density at radius 2 is 2.03 bits per heavy atom. The highest BCUT2D eigenvalue weighted by Gasteiger charge is 2.21. The number of aryl methyl sites for hydroxylation is 1. The summed E-state index contributed by atoms with van der Waals surface area (Å²) in [5, 5.41) is 14.0. The first-order valence-corrected chi connectivity index (χ1v) is 11.4. The highest BCUT2D eigenvalue weighted by Crippen LogP contribution is 2.27. The number of aliphatic imine (C=N–C) groups is 1. The first kappa shape index (κ1) is 22.5. The molecule has 0 spiro atoms. The second-order valence-corrected chi connectivity index (χ2v) is 8.31. The minimum absolute atomic E-state index is 0.278. The minimum Gasteiger partial charge on any atom is -0.392 e. The van der Waals surface area contributed by atoms with Gasteiger partial charge >= 0.3 is 0 Å². The van der Waals surface area contributed by atoms with Crippen LogP contribution in [0.15, 0.2) is 64.7 Å². The van der Waals surface area contributed by atoms with E-state index in [4.69, 9.17) is 0 Å². The lowest BCUT2D eigenvalue weighted by molar-refractivity contribution is 0.107. The van der Waals surface area contributed by atoms with E-state index in [-0.39, 0.29) is 6.10 Å². The number of aliphatic hydroxyl groups excluding tert-OH is 1. The van der Waals surface area contributed by atoms with E-state index in [1.54, 1.807) is 5.57 Å². The molecule has 1 aliphatic carbocycles. The average molecular weight is 408 g/mol. The number of benzene rings is 1. The Kier molecular flexibility index (Phi) is 8.91. The average Bonchev–Trinajstić information content (AvgIpc) is 2.78. The summed E-state index contributed by atoms with van der Waals surface area (Å²) < 4.78 is 0. The van der Waals surface area contributed by atoms with Gasteiger partial charge in [-0.15, -0.1) is 0 Å². The molecule has 0 amide bonds. The van der Waals surface area contributed by atoms with Crippen molar-refractivity contribution in [2.75, 3.05) is 26.7 Å². The van der Waals surface area contributed by atoms with Crippen LogP contribution < -0.4 is 5.32 Å². The smallest absolute Gasteiger partial charge is 0.120 e. The number of aliphatic hydroxyl groups is 1. The van der Waals surface area contributed by atoms with Gasteiger partial charge in [0.25, 0.3) is 0 Å². The molecule has 162 valence electrons. The van der Waals surface area contributed by atoms with E-state index in [1.807, 2.05) is 13.1 Å². The summed E-state index contributed by atoms with van der Waals surface area (Å²) in [5.74, 6) is 0.908. The van der Waals surface area contributed by atoms with Crippen molar-refractivity contribution >= 4 is 5.84 Å². The Bertz CT molecular complexity index is 806. The SMILES string of the molecule is CC/C=C\C(=NC)NCc1cccc(CCC(O)CN2CCC3=CCCC=C3C2)c1. The zero-order valence-electron chi connectivity index (χ0n) is 18.6. The van der Waals surface area contributed by atoms with Gasteiger partial charge in [-0.1, -0.05) is 49.4 Å². The number of likely N-dealkylation sites (tertiary alicyclic amines) is 1.